The Hall–Kier alpha value is -2.48. The molecule has 2 aliphatic rings. The van der Waals surface area contributed by atoms with E-state index in [0.717, 1.165) is 22.2 Å². The monoisotopic (exact) mass is 230 g/mol. The van der Waals surface area contributed by atoms with Crippen molar-refractivity contribution in [3.8, 4) is 11.4 Å². The first-order valence-corrected chi connectivity index (χ1v) is 5.95. The van der Waals surface area contributed by atoms with Crippen LogP contribution in [-0.2, 0) is 0 Å². The average molecular weight is 230 g/mol. The first kappa shape index (κ1) is 9.54. The molecule has 0 radical (unpaired) electrons. The maximum absolute atomic E-state index is 4.43. The van der Waals surface area contributed by atoms with Crippen molar-refractivity contribution in [3.63, 3.8) is 0 Å². The summed E-state index contributed by atoms with van der Waals surface area (Å²) in [7, 11) is 0. The van der Waals surface area contributed by atoms with Crippen LogP contribution in [0.1, 0.15) is 0 Å². The van der Waals surface area contributed by atoms with Crippen molar-refractivity contribution in [1.82, 2.24) is 9.97 Å². The highest BCUT2D eigenvalue weighted by atomic mass is 14.9. The van der Waals surface area contributed by atoms with Crippen LogP contribution in [0.3, 0.4) is 0 Å². The molecular formula is C16H10N2. The molecule has 2 aromatic carbocycles. The fourth-order valence-electron chi connectivity index (χ4n) is 2.51. The van der Waals surface area contributed by atoms with E-state index in [0.29, 0.717) is 0 Å². The Labute approximate surface area is 104 Å². The highest BCUT2D eigenvalue weighted by Gasteiger charge is 2.12. The first-order chi connectivity index (χ1) is 8.93. The van der Waals surface area contributed by atoms with Gasteiger partial charge in [0.05, 0.1) is 11.4 Å². The average Bonchev–Trinajstić information content (AvgIpc) is 2.84. The van der Waals surface area contributed by atoms with Gasteiger partial charge in [-0.25, -0.2) is 9.97 Å². The minimum Gasteiger partial charge on any atom is -0.234 e. The van der Waals surface area contributed by atoms with Crippen molar-refractivity contribution in [2.75, 3.05) is 0 Å². The summed E-state index contributed by atoms with van der Waals surface area (Å²) < 4.78 is 0. The molecular weight excluding hydrogens is 220 g/mol. The molecule has 1 aliphatic carbocycles. The van der Waals surface area contributed by atoms with Crippen LogP contribution in [0.15, 0.2) is 60.9 Å². The van der Waals surface area contributed by atoms with Gasteiger partial charge in [0.1, 0.15) is 6.33 Å². The summed E-state index contributed by atoms with van der Waals surface area (Å²) in [5.74, 6) is 0. The molecule has 2 nitrogen and oxygen atoms in total. The van der Waals surface area contributed by atoms with Gasteiger partial charge in [-0.05, 0) is 16.8 Å². The van der Waals surface area contributed by atoms with Crippen LogP contribution >= 0.6 is 0 Å². The number of aromatic nitrogens is 2. The second kappa shape index (κ2) is 3.50. The van der Waals surface area contributed by atoms with E-state index in [9.17, 15) is 0 Å². The van der Waals surface area contributed by atoms with Crippen molar-refractivity contribution in [1.29, 1.82) is 0 Å². The minimum absolute atomic E-state index is 0.979. The Morgan fingerprint density at radius 2 is 1.11 bits per heavy atom. The van der Waals surface area contributed by atoms with Crippen molar-refractivity contribution >= 4 is 21.5 Å². The van der Waals surface area contributed by atoms with Gasteiger partial charge in [-0.15, -0.1) is 0 Å². The molecule has 0 saturated heterocycles. The first-order valence-electron chi connectivity index (χ1n) is 5.95. The minimum atomic E-state index is 0.979. The normalized spacial score (nSPS) is 11.3. The Bertz CT molecular complexity index is 769. The molecule has 18 heavy (non-hydrogen) atoms. The van der Waals surface area contributed by atoms with E-state index in [1.165, 1.54) is 10.8 Å². The topological polar surface area (TPSA) is 25.8 Å². The van der Waals surface area contributed by atoms with Crippen LogP contribution in [0.2, 0.25) is 0 Å². The van der Waals surface area contributed by atoms with E-state index in [1.54, 1.807) is 6.33 Å². The maximum Gasteiger partial charge on any atom is 0.116 e. The molecule has 0 amide bonds. The molecule has 0 unspecified atom stereocenters. The summed E-state index contributed by atoms with van der Waals surface area (Å²) in [6, 6.07) is 18.8. The summed E-state index contributed by atoms with van der Waals surface area (Å²) in [6.07, 6.45) is 1.64. The Kier molecular flexibility index (Phi) is 1.86. The lowest BCUT2D eigenvalue weighted by Crippen LogP contribution is -1.77. The van der Waals surface area contributed by atoms with Gasteiger partial charge in [-0.1, -0.05) is 48.5 Å². The summed E-state index contributed by atoms with van der Waals surface area (Å²) in [6.45, 7) is 0. The molecule has 0 spiro atoms. The maximum atomic E-state index is 4.43. The highest BCUT2D eigenvalue weighted by molar-refractivity contribution is 6.06. The molecule has 1 aliphatic heterocycles. The van der Waals surface area contributed by atoms with E-state index in [-0.39, 0.29) is 0 Å². The smallest absolute Gasteiger partial charge is 0.116 e. The van der Waals surface area contributed by atoms with Crippen molar-refractivity contribution in [3.05, 3.63) is 60.9 Å². The predicted octanol–water partition coefficient (Wildman–Crippen LogP) is 3.89. The van der Waals surface area contributed by atoms with Crippen molar-refractivity contribution in [2.45, 2.75) is 0 Å². The zero-order chi connectivity index (χ0) is 11.9. The second-order valence-corrected chi connectivity index (χ2v) is 4.39. The Balaban J connectivity index is 2.36. The number of fused-ring (bicyclic) bond motifs is 5. The third kappa shape index (κ3) is 1.23. The molecule has 84 valence electrons. The molecule has 0 aromatic heterocycles. The lowest BCUT2D eigenvalue weighted by Gasteiger charge is -1.96. The second-order valence-electron chi connectivity index (χ2n) is 4.39. The fraction of sp³-hybridized carbons (Fsp3) is 0. The van der Waals surface area contributed by atoms with Gasteiger partial charge >= 0.3 is 0 Å². The number of nitrogens with zero attached hydrogens (tertiary/aromatic N) is 2. The van der Waals surface area contributed by atoms with Gasteiger partial charge in [-0.2, -0.15) is 0 Å². The van der Waals surface area contributed by atoms with Crippen LogP contribution < -0.4 is 0 Å². The molecule has 0 fully saturated rings. The molecule has 1 heterocycles. The number of rotatable bonds is 0. The Morgan fingerprint density at radius 1 is 0.611 bits per heavy atom. The van der Waals surface area contributed by atoms with Gasteiger partial charge in [0.25, 0.3) is 0 Å². The van der Waals surface area contributed by atoms with Crippen LogP contribution in [0.5, 0.6) is 0 Å². The van der Waals surface area contributed by atoms with E-state index < -0.39 is 0 Å². The van der Waals surface area contributed by atoms with E-state index >= 15 is 0 Å². The number of imidazole rings is 1. The zero-order valence-corrected chi connectivity index (χ0v) is 9.67. The van der Waals surface area contributed by atoms with Crippen LogP contribution in [0.25, 0.3) is 32.9 Å². The van der Waals surface area contributed by atoms with Gasteiger partial charge in [-0.3, -0.25) is 0 Å². The molecule has 2 aromatic rings. The van der Waals surface area contributed by atoms with Crippen LogP contribution in [-0.4, -0.2) is 9.97 Å². The highest BCUT2D eigenvalue weighted by Crippen LogP contribution is 2.32. The van der Waals surface area contributed by atoms with Gasteiger partial charge in [0.15, 0.2) is 0 Å². The fourth-order valence-corrected chi connectivity index (χ4v) is 2.51. The zero-order valence-electron chi connectivity index (χ0n) is 9.67. The van der Waals surface area contributed by atoms with Gasteiger partial charge in [0, 0.05) is 10.8 Å². The predicted molar refractivity (Wildman–Crippen MR) is 73.7 cm³/mol. The van der Waals surface area contributed by atoms with E-state index in [2.05, 4.69) is 52.4 Å². The molecule has 2 heteroatoms. The third-order valence-electron chi connectivity index (χ3n) is 3.34. The summed E-state index contributed by atoms with van der Waals surface area (Å²) >= 11 is 0. The number of hydrogen-bond acceptors (Lipinski definition) is 2. The Morgan fingerprint density at radius 3 is 1.67 bits per heavy atom. The lowest BCUT2D eigenvalue weighted by molar-refractivity contribution is 1.34. The summed E-state index contributed by atoms with van der Waals surface area (Å²) in [5.41, 5.74) is 1.96. The van der Waals surface area contributed by atoms with Crippen molar-refractivity contribution in [2.24, 2.45) is 0 Å². The summed E-state index contributed by atoms with van der Waals surface area (Å²) in [4.78, 5) is 8.85. The number of hydrogen-bond donors (Lipinski definition) is 0. The quantitative estimate of drug-likeness (QED) is 0.458. The van der Waals surface area contributed by atoms with Gasteiger partial charge in [0.2, 0.25) is 0 Å². The third-order valence-corrected chi connectivity index (χ3v) is 3.34. The molecule has 0 saturated carbocycles. The largest absolute Gasteiger partial charge is 0.234 e. The molecule has 4 rings (SSSR count). The number of benzene rings is 2. The van der Waals surface area contributed by atoms with E-state index in [4.69, 9.17) is 0 Å². The lowest BCUT2D eigenvalue weighted by atomic mass is 10.1. The molecule has 0 atom stereocenters. The van der Waals surface area contributed by atoms with Crippen molar-refractivity contribution < 1.29 is 0 Å². The van der Waals surface area contributed by atoms with Crippen LogP contribution in [0.4, 0.5) is 0 Å². The standard InChI is InChI=1S/C16H10N2/c1-3-7-13-11(5-1)9-12-6-2-4-8-14(12)16-15(13)17-10-18-16/h1-10H. The van der Waals surface area contributed by atoms with Crippen LogP contribution in [0, 0.1) is 0 Å². The SMILES string of the molecule is c1ccc2c3ncnc-3c3ccccc3cc2c1. The molecule has 0 bridgehead atoms. The van der Waals surface area contributed by atoms with E-state index in [1.807, 2.05) is 12.1 Å². The summed E-state index contributed by atoms with van der Waals surface area (Å²) in [5, 5.41) is 4.70. The molecule has 0 N–H and O–H groups in total. The van der Waals surface area contributed by atoms with Gasteiger partial charge < -0.3 is 0 Å².